The van der Waals surface area contributed by atoms with E-state index in [-0.39, 0.29) is 24.0 Å². The van der Waals surface area contributed by atoms with Gasteiger partial charge in [0.15, 0.2) is 5.96 Å². The number of guanidine groups is 1. The fraction of sp³-hybridized carbons (Fsp3) is 0.923. The summed E-state index contributed by atoms with van der Waals surface area (Å²) in [5, 5.41) is 3.22. The average Bonchev–Trinajstić information content (AvgIpc) is 3.14. The minimum Gasteiger partial charge on any atom is -0.370 e. The summed E-state index contributed by atoms with van der Waals surface area (Å²) in [6.45, 7) is 1.84. The fourth-order valence-electron chi connectivity index (χ4n) is 2.52. The number of nitrogens with one attached hydrogen (secondary N) is 1. The summed E-state index contributed by atoms with van der Waals surface area (Å²) in [5.74, 6) is 0.629. The van der Waals surface area contributed by atoms with Crippen molar-refractivity contribution in [3.05, 3.63) is 0 Å². The minimum atomic E-state index is 0. The van der Waals surface area contributed by atoms with Gasteiger partial charge in [0.05, 0.1) is 6.54 Å². The molecule has 2 saturated carbocycles. The highest BCUT2D eigenvalue weighted by Gasteiger charge is 2.21. The van der Waals surface area contributed by atoms with Gasteiger partial charge in [-0.3, -0.25) is 4.99 Å². The molecule has 2 aliphatic carbocycles. The van der Waals surface area contributed by atoms with Crippen molar-refractivity contribution in [2.24, 2.45) is 10.7 Å². The molecule has 0 aliphatic heterocycles. The average molecular weight is 366 g/mol. The summed E-state index contributed by atoms with van der Waals surface area (Å²) in [6.07, 6.45) is 9.41. The normalized spacial score (nSPS) is 21.8. The highest BCUT2D eigenvalue weighted by atomic mass is 127. The van der Waals surface area contributed by atoms with Gasteiger partial charge in [0.1, 0.15) is 0 Å². The van der Waals surface area contributed by atoms with E-state index < -0.39 is 0 Å². The Morgan fingerprint density at radius 1 is 1.22 bits per heavy atom. The Hall–Kier alpha value is -0.0400. The lowest BCUT2D eigenvalue weighted by atomic mass is 9.94. The molecule has 0 heterocycles. The third-order valence-corrected chi connectivity index (χ3v) is 3.86. The number of hydrogen-bond acceptors (Lipinski definition) is 2. The van der Waals surface area contributed by atoms with Crippen LogP contribution >= 0.6 is 24.0 Å². The number of likely N-dealkylation sites (N-methyl/N-ethyl adjacent to an activating group) is 1. The van der Waals surface area contributed by atoms with E-state index in [9.17, 15) is 0 Å². The molecule has 106 valence electrons. The second-order valence-electron chi connectivity index (χ2n) is 5.46. The number of nitrogens with zero attached hydrogens (tertiary/aromatic N) is 2. The van der Waals surface area contributed by atoms with Crippen molar-refractivity contribution in [1.82, 2.24) is 10.2 Å². The number of halogens is 1. The van der Waals surface area contributed by atoms with Gasteiger partial charge >= 0.3 is 0 Å². The largest absolute Gasteiger partial charge is 0.370 e. The van der Waals surface area contributed by atoms with Crippen LogP contribution in [-0.2, 0) is 0 Å². The molecule has 0 aromatic rings. The summed E-state index contributed by atoms with van der Waals surface area (Å²) in [6, 6.07) is 1.38. The lowest BCUT2D eigenvalue weighted by molar-refractivity contribution is 0.196. The van der Waals surface area contributed by atoms with Crippen molar-refractivity contribution in [3.8, 4) is 0 Å². The maximum Gasteiger partial charge on any atom is 0.188 e. The fourth-order valence-corrected chi connectivity index (χ4v) is 2.52. The molecule has 0 spiro atoms. The molecule has 0 bridgehead atoms. The van der Waals surface area contributed by atoms with Crippen LogP contribution in [0.15, 0.2) is 4.99 Å². The third-order valence-electron chi connectivity index (χ3n) is 3.86. The molecule has 0 unspecified atom stereocenters. The molecule has 0 aromatic carbocycles. The molecule has 2 fully saturated rings. The Balaban J connectivity index is 0.00000162. The van der Waals surface area contributed by atoms with E-state index in [0.717, 1.165) is 19.1 Å². The van der Waals surface area contributed by atoms with Gasteiger partial charge in [0.2, 0.25) is 0 Å². The van der Waals surface area contributed by atoms with Crippen molar-refractivity contribution in [2.75, 3.05) is 20.1 Å². The maximum atomic E-state index is 5.80. The first-order valence-corrected chi connectivity index (χ1v) is 7.02. The quantitative estimate of drug-likeness (QED) is 0.444. The van der Waals surface area contributed by atoms with E-state index in [2.05, 4.69) is 22.3 Å². The van der Waals surface area contributed by atoms with E-state index in [1.807, 2.05) is 0 Å². The molecule has 4 nitrogen and oxygen atoms in total. The van der Waals surface area contributed by atoms with E-state index in [1.165, 1.54) is 44.9 Å². The van der Waals surface area contributed by atoms with Gasteiger partial charge in [-0.15, -0.1) is 24.0 Å². The predicted molar refractivity (Wildman–Crippen MR) is 87.6 cm³/mol. The van der Waals surface area contributed by atoms with E-state index in [0.29, 0.717) is 12.0 Å². The summed E-state index contributed by atoms with van der Waals surface area (Å²) in [5.41, 5.74) is 5.80. The van der Waals surface area contributed by atoms with Crippen LogP contribution in [0.2, 0.25) is 0 Å². The van der Waals surface area contributed by atoms with E-state index in [1.54, 1.807) is 0 Å². The van der Waals surface area contributed by atoms with Gasteiger partial charge in [-0.2, -0.15) is 0 Å². The molecule has 2 aliphatic rings. The predicted octanol–water partition coefficient (Wildman–Crippen LogP) is 1.94. The number of nitrogens with two attached hydrogens (primary N) is 1. The zero-order valence-corrected chi connectivity index (χ0v) is 13.7. The summed E-state index contributed by atoms with van der Waals surface area (Å²) in [7, 11) is 2.22. The van der Waals surface area contributed by atoms with Gasteiger partial charge in [0.25, 0.3) is 0 Å². The molecule has 5 heteroatoms. The molecule has 2 rings (SSSR count). The van der Waals surface area contributed by atoms with Gasteiger partial charge in [-0.1, -0.05) is 19.3 Å². The Bertz CT molecular complexity index is 260. The minimum absolute atomic E-state index is 0. The molecule has 0 saturated heterocycles. The zero-order valence-electron chi connectivity index (χ0n) is 11.4. The van der Waals surface area contributed by atoms with Crippen molar-refractivity contribution in [3.63, 3.8) is 0 Å². The van der Waals surface area contributed by atoms with Gasteiger partial charge in [-0.25, -0.2) is 0 Å². The summed E-state index contributed by atoms with van der Waals surface area (Å²) < 4.78 is 0. The van der Waals surface area contributed by atoms with E-state index >= 15 is 0 Å². The zero-order chi connectivity index (χ0) is 12.1. The number of rotatable bonds is 5. The van der Waals surface area contributed by atoms with Crippen LogP contribution in [0.1, 0.15) is 44.9 Å². The standard InChI is InChI=1S/C13H26N4.HI/c1-17(12-5-3-2-4-6-12)10-9-15-13(14)16-11-7-8-11;/h11-12H,2-10H2,1H3,(H3,14,15,16);1H. The van der Waals surface area contributed by atoms with Crippen molar-refractivity contribution < 1.29 is 0 Å². The Kier molecular flexibility index (Phi) is 7.29. The Morgan fingerprint density at radius 2 is 1.89 bits per heavy atom. The number of hydrogen-bond donors (Lipinski definition) is 2. The lowest BCUT2D eigenvalue weighted by Crippen LogP contribution is -2.37. The molecule has 0 amide bonds. The van der Waals surface area contributed by atoms with Gasteiger partial charge in [0, 0.05) is 18.6 Å². The summed E-state index contributed by atoms with van der Waals surface area (Å²) in [4.78, 5) is 6.83. The monoisotopic (exact) mass is 366 g/mol. The van der Waals surface area contributed by atoms with Gasteiger partial charge < -0.3 is 16.0 Å². The van der Waals surface area contributed by atoms with Crippen molar-refractivity contribution >= 4 is 29.9 Å². The summed E-state index contributed by atoms with van der Waals surface area (Å²) >= 11 is 0. The Morgan fingerprint density at radius 3 is 2.50 bits per heavy atom. The van der Waals surface area contributed by atoms with Crippen molar-refractivity contribution in [2.45, 2.75) is 57.0 Å². The molecule has 0 radical (unpaired) electrons. The van der Waals surface area contributed by atoms with Crippen LogP contribution in [0.3, 0.4) is 0 Å². The highest BCUT2D eigenvalue weighted by molar-refractivity contribution is 14.0. The molecule has 3 N–H and O–H groups in total. The Labute approximate surface area is 128 Å². The van der Waals surface area contributed by atoms with Crippen LogP contribution in [0.25, 0.3) is 0 Å². The molecule has 0 aromatic heterocycles. The second-order valence-corrected chi connectivity index (χ2v) is 5.46. The van der Waals surface area contributed by atoms with Crippen molar-refractivity contribution in [1.29, 1.82) is 0 Å². The molecule has 18 heavy (non-hydrogen) atoms. The topological polar surface area (TPSA) is 53.6 Å². The van der Waals surface area contributed by atoms with E-state index in [4.69, 9.17) is 5.73 Å². The molecule has 0 atom stereocenters. The first kappa shape index (κ1) is 16.0. The highest BCUT2D eigenvalue weighted by Crippen LogP contribution is 2.21. The second kappa shape index (κ2) is 8.19. The van der Waals surface area contributed by atoms with Crippen LogP contribution in [0.4, 0.5) is 0 Å². The lowest BCUT2D eigenvalue weighted by Gasteiger charge is -2.30. The number of aliphatic imine (C=N–C) groups is 1. The molecular formula is C13H27IN4. The maximum absolute atomic E-state index is 5.80. The third kappa shape index (κ3) is 5.73. The first-order valence-electron chi connectivity index (χ1n) is 7.02. The molecular weight excluding hydrogens is 339 g/mol. The first-order chi connectivity index (χ1) is 8.25. The van der Waals surface area contributed by atoms with Gasteiger partial charge in [-0.05, 0) is 32.7 Å². The smallest absolute Gasteiger partial charge is 0.188 e. The van der Waals surface area contributed by atoms with Crippen LogP contribution in [0.5, 0.6) is 0 Å². The SMILES string of the molecule is CN(CCN=C(N)NC1CC1)C1CCCCC1.I. The van der Waals surface area contributed by atoms with Crippen LogP contribution in [-0.4, -0.2) is 43.1 Å². The van der Waals surface area contributed by atoms with Crippen LogP contribution in [0, 0.1) is 0 Å². The van der Waals surface area contributed by atoms with Crippen LogP contribution < -0.4 is 11.1 Å².